The number of benzene rings is 9. The second kappa shape index (κ2) is 13.7. The minimum Gasteiger partial charge on any atom is -0.485 e. The van der Waals surface area contributed by atoms with E-state index in [2.05, 4.69) is 197 Å². The smallest absolute Gasteiger partial charge is 0.127 e. The van der Waals surface area contributed by atoms with Crippen LogP contribution in [0.3, 0.4) is 0 Å². The largest absolute Gasteiger partial charge is 0.485 e. The summed E-state index contributed by atoms with van der Waals surface area (Å²) in [5, 5.41) is 9.88. The topological polar surface area (TPSA) is 9.23 Å². The molecule has 2 atom stereocenters. The Morgan fingerprint density at radius 1 is 0.583 bits per heavy atom. The average Bonchev–Trinajstić information content (AvgIpc) is 3.78. The highest BCUT2D eigenvalue weighted by Gasteiger charge is 2.41. The van der Waals surface area contributed by atoms with E-state index in [-0.39, 0.29) is 17.4 Å². The van der Waals surface area contributed by atoms with Gasteiger partial charge in [-0.2, -0.15) is 0 Å². The maximum Gasteiger partial charge on any atom is 0.127 e. The zero-order valence-electron chi connectivity index (χ0n) is 34.0. The van der Waals surface area contributed by atoms with Crippen molar-refractivity contribution in [1.29, 1.82) is 0 Å². The van der Waals surface area contributed by atoms with Crippen LogP contribution in [0.15, 0.2) is 196 Å². The normalized spacial score (nSPS) is 16.2. The van der Waals surface area contributed by atoms with Gasteiger partial charge in [0.1, 0.15) is 11.9 Å². The Morgan fingerprint density at radius 3 is 2.00 bits per heavy atom. The summed E-state index contributed by atoms with van der Waals surface area (Å²) in [6.07, 6.45) is 8.21. The lowest BCUT2D eigenvalue weighted by Crippen LogP contribution is -2.17. The molecule has 1 nitrogen and oxygen atoms in total. The second-order valence-electron chi connectivity index (χ2n) is 16.9. The van der Waals surface area contributed by atoms with Crippen LogP contribution in [-0.4, -0.2) is 6.10 Å². The predicted octanol–water partition coefficient (Wildman–Crippen LogP) is 15.9. The van der Waals surface area contributed by atoms with Crippen molar-refractivity contribution in [2.45, 2.75) is 31.3 Å². The summed E-state index contributed by atoms with van der Waals surface area (Å²) >= 11 is 0. The molecule has 0 saturated carbocycles. The summed E-state index contributed by atoms with van der Waals surface area (Å²) in [6.45, 7) is 17.7. The van der Waals surface area contributed by atoms with E-state index in [0.717, 1.165) is 16.9 Å². The molecule has 0 bridgehead atoms. The van der Waals surface area contributed by atoms with Crippen molar-refractivity contribution in [2.24, 2.45) is 0 Å². The number of rotatable bonds is 7. The van der Waals surface area contributed by atoms with Crippen molar-refractivity contribution in [3.8, 4) is 39.1 Å². The van der Waals surface area contributed by atoms with Gasteiger partial charge in [-0.05, 0) is 129 Å². The van der Waals surface area contributed by atoms with E-state index in [0.29, 0.717) is 0 Å². The molecule has 11 rings (SSSR count). The van der Waals surface area contributed by atoms with Crippen LogP contribution in [0.4, 0.5) is 0 Å². The molecule has 0 radical (unpaired) electrons. The van der Waals surface area contributed by atoms with Gasteiger partial charge in [0.15, 0.2) is 0 Å². The zero-order valence-corrected chi connectivity index (χ0v) is 34.0. The SMILES string of the molecule is C=CC1Oc2ccc3ccc4c(c3c2C1C=C)C(C)(C)c1ccc(-c2cccc(/C=C\C(=C)c3c5ccccc5c(-c5ccc6ccccc6c5)c5ccccc35)c2)cc1-4. The first-order valence-corrected chi connectivity index (χ1v) is 20.9. The van der Waals surface area contributed by atoms with Gasteiger partial charge in [-0.3, -0.25) is 0 Å². The Morgan fingerprint density at radius 2 is 1.25 bits per heavy atom. The molecule has 2 aliphatic rings. The Bertz CT molecular complexity index is 3280. The van der Waals surface area contributed by atoms with E-state index in [1.54, 1.807) is 0 Å². The minimum absolute atomic E-state index is 0.0573. The van der Waals surface area contributed by atoms with E-state index in [9.17, 15) is 0 Å². The quantitative estimate of drug-likeness (QED) is 0.0891. The molecular weight excluding hydrogens is 725 g/mol. The molecule has 1 heteroatoms. The lowest BCUT2D eigenvalue weighted by Gasteiger charge is -2.25. The summed E-state index contributed by atoms with van der Waals surface area (Å²) in [5.41, 5.74) is 14.5. The molecule has 60 heavy (non-hydrogen) atoms. The summed E-state index contributed by atoms with van der Waals surface area (Å²) < 4.78 is 6.39. The number of fused-ring (bicyclic) bond motifs is 10. The highest BCUT2D eigenvalue weighted by Crippen LogP contribution is 2.56. The second-order valence-corrected chi connectivity index (χ2v) is 16.9. The van der Waals surface area contributed by atoms with E-state index in [4.69, 9.17) is 11.3 Å². The molecule has 286 valence electrons. The Balaban J connectivity index is 0.968. The molecule has 0 N–H and O–H groups in total. The lowest BCUT2D eigenvalue weighted by molar-refractivity contribution is 0.271. The van der Waals surface area contributed by atoms with Crippen LogP contribution in [0.5, 0.6) is 5.75 Å². The standard InChI is InChI=1S/C59H44O/c1-6-44-52(7-2)60-53-32-29-39-27-30-49-50-35-42(28-31-51(50)59(4,5)58(49)56(39)57(44)53)40-18-14-15-37(33-40)24-23-36(3)54-45-19-10-12-21-47(45)55(48-22-13-11-20-46(48)54)43-26-25-38-16-8-9-17-41(38)34-43/h6-35,44,52H,1-3H2,4-5H3/b24-23-. The van der Waals surface area contributed by atoms with Gasteiger partial charge in [0.25, 0.3) is 0 Å². The van der Waals surface area contributed by atoms with E-state index >= 15 is 0 Å². The molecule has 1 aliphatic heterocycles. The molecule has 2 unspecified atom stereocenters. The van der Waals surface area contributed by atoms with Crippen molar-refractivity contribution >= 4 is 54.7 Å². The van der Waals surface area contributed by atoms with Gasteiger partial charge in [0, 0.05) is 16.9 Å². The third kappa shape index (κ3) is 5.39. The van der Waals surface area contributed by atoms with Crippen molar-refractivity contribution in [3.05, 3.63) is 224 Å². The molecule has 0 fully saturated rings. The van der Waals surface area contributed by atoms with Crippen LogP contribution in [0.1, 0.15) is 47.6 Å². The third-order valence-corrected chi connectivity index (χ3v) is 13.2. The van der Waals surface area contributed by atoms with Gasteiger partial charge in [-0.15, -0.1) is 6.58 Å². The van der Waals surface area contributed by atoms with Crippen LogP contribution >= 0.6 is 0 Å². The fourth-order valence-electron chi connectivity index (χ4n) is 10.4. The van der Waals surface area contributed by atoms with E-state index < -0.39 is 0 Å². The van der Waals surface area contributed by atoms with Gasteiger partial charge < -0.3 is 4.74 Å². The monoisotopic (exact) mass is 768 g/mol. The Kier molecular flexibility index (Phi) is 8.19. The summed E-state index contributed by atoms with van der Waals surface area (Å²) in [6, 6.07) is 57.8. The molecule has 9 aromatic carbocycles. The average molecular weight is 769 g/mol. The molecule has 1 aliphatic carbocycles. The Hall–Kier alpha value is -7.22. The van der Waals surface area contributed by atoms with Gasteiger partial charge in [0.2, 0.25) is 0 Å². The highest BCUT2D eigenvalue weighted by atomic mass is 16.5. The van der Waals surface area contributed by atoms with E-state index in [1.165, 1.54) is 98.7 Å². The fourth-order valence-corrected chi connectivity index (χ4v) is 10.4. The van der Waals surface area contributed by atoms with Crippen LogP contribution in [0.25, 0.3) is 88.1 Å². The molecular formula is C59H44O. The first-order valence-electron chi connectivity index (χ1n) is 20.9. The number of hydrogen-bond acceptors (Lipinski definition) is 1. The van der Waals surface area contributed by atoms with E-state index in [1.807, 2.05) is 12.2 Å². The summed E-state index contributed by atoms with van der Waals surface area (Å²) in [7, 11) is 0. The van der Waals surface area contributed by atoms with Gasteiger partial charge in [-0.1, -0.05) is 185 Å². The fraction of sp³-hybridized carbons (Fsp3) is 0.0847. The summed E-state index contributed by atoms with van der Waals surface area (Å²) in [4.78, 5) is 0. The van der Waals surface area contributed by atoms with Crippen molar-refractivity contribution in [2.75, 3.05) is 0 Å². The zero-order chi connectivity index (χ0) is 40.7. The highest BCUT2D eigenvalue weighted by molar-refractivity contribution is 6.20. The molecule has 0 amide bonds. The molecule has 1 heterocycles. The van der Waals surface area contributed by atoms with Crippen LogP contribution in [-0.2, 0) is 5.41 Å². The van der Waals surface area contributed by atoms with Gasteiger partial charge in [-0.25, -0.2) is 0 Å². The van der Waals surface area contributed by atoms with Crippen molar-refractivity contribution < 1.29 is 4.74 Å². The molecule has 0 saturated heterocycles. The van der Waals surface area contributed by atoms with Crippen LogP contribution < -0.4 is 4.74 Å². The van der Waals surface area contributed by atoms with Crippen LogP contribution in [0.2, 0.25) is 0 Å². The molecule has 0 aromatic heterocycles. The lowest BCUT2D eigenvalue weighted by atomic mass is 9.77. The van der Waals surface area contributed by atoms with Gasteiger partial charge >= 0.3 is 0 Å². The van der Waals surface area contributed by atoms with Gasteiger partial charge in [0.05, 0.1) is 0 Å². The summed E-state index contributed by atoms with van der Waals surface area (Å²) in [5.74, 6) is 0.993. The first-order chi connectivity index (χ1) is 29.3. The van der Waals surface area contributed by atoms with Crippen molar-refractivity contribution in [1.82, 2.24) is 0 Å². The minimum atomic E-state index is -0.192. The predicted molar refractivity (Wildman–Crippen MR) is 257 cm³/mol. The number of ether oxygens (including phenoxy) is 1. The first kappa shape index (κ1) is 35.9. The number of allylic oxidation sites excluding steroid dienone is 2. The maximum absolute atomic E-state index is 6.39. The molecule has 9 aromatic rings. The Labute approximate surface area is 351 Å². The van der Waals surface area contributed by atoms with Crippen LogP contribution in [0, 0.1) is 0 Å². The third-order valence-electron chi connectivity index (χ3n) is 13.2. The van der Waals surface area contributed by atoms with Crippen molar-refractivity contribution in [3.63, 3.8) is 0 Å². The molecule has 0 spiro atoms. The number of hydrogen-bond donors (Lipinski definition) is 0. The maximum atomic E-state index is 6.39.